The van der Waals surface area contributed by atoms with Crippen molar-refractivity contribution in [1.82, 2.24) is 4.90 Å². The minimum absolute atomic E-state index is 0.0286. The first-order valence-corrected chi connectivity index (χ1v) is 6.06. The molecule has 2 aromatic carbocycles. The molecule has 0 radical (unpaired) electrons. The van der Waals surface area contributed by atoms with Gasteiger partial charge in [0.15, 0.2) is 0 Å². The van der Waals surface area contributed by atoms with Gasteiger partial charge in [0, 0.05) is 37.4 Å². The van der Waals surface area contributed by atoms with E-state index >= 15 is 0 Å². The molecule has 0 bridgehead atoms. The molecule has 0 N–H and O–H groups in total. The van der Waals surface area contributed by atoms with Gasteiger partial charge in [0.1, 0.15) is 0 Å². The second kappa shape index (κ2) is 5.52. The highest BCUT2D eigenvalue weighted by molar-refractivity contribution is 6.01. The molecule has 0 spiro atoms. The third kappa shape index (κ3) is 2.66. The minimum atomic E-state index is -0.462. The molecule has 0 unspecified atom stereocenters. The van der Waals surface area contributed by atoms with Crippen molar-refractivity contribution in [2.24, 2.45) is 0 Å². The van der Waals surface area contributed by atoms with Crippen LogP contribution < -0.4 is 0 Å². The number of hydrogen-bond acceptors (Lipinski definition) is 3. The van der Waals surface area contributed by atoms with Gasteiger partial charge in [-0.05, 0) is 11.6 Å². The molecule has 0 saturated carbocycles. The Morgan fingerprint density at radius 3 is 2.30 bits per heavy atom. The van der Waals surface area contributed by atoms with Crippen LogP contribution in [-0.4, -0.2) is 29.8 Å². The highest BCUT2D eigenvalue weighted by atomic mass is 16.6. The Bertz CT molecular complexity index is 651. The molecule has 0 aromatic heterocycles. The van der Waals surface area contributed by atoms with E-state index in [1.165, 1.54) is 23.1 Å². The molecule has 0 fully saturated rings. The summed E-state index contributed by atoms with van der Waals surface area (Å²) >= 11 is 0. The molecule has 5 nitrogen and oxygen atoms in total. The molecule has 0 heterocycles. The van der Waals surface area contributed by atoms with Crippen LogP contribution in [0.4, 0.5) is 5.69 Å². The molecule has 0 aliphatic carbocycles. The van der Waals surface area contributed by atoms with Gasteiger partial charge in [0.05, 0.1) is 4.92 Å². The van der Waals surface area contributed by atoms with Crippen molar-refractivity contribution in [3.8, 4) is 11.1 Å². The average molecular weight is 270 g/mol. The van der Waals surface area contributed by atoms with Crippen molar-refractivity contribution in [2.75, 3.05) is 14.1 Å². The summed E-state index contributed by atoms with van der Waals surface area (Å²) in [6.07, 6.45) is 0. The number of hydrogen-bond donors (Lipinski definition) is 0. The number of non-ortho nitro benzene ring substituents is 1. The summed E-state index contributed by atoms with van der Waals surface area (Å²) in [5.41, 5.74) is 1.77. The molecular weight excluding hydrogens is 256 g/mol. The summed E-state index contributed by atoms with van der Waals surface area (Å²) in [7, 11) is 3.30. The van der Waals surface area contributed by atoms with Crippen LogP contribution in [0.15, 0.2) is 48.5 Å². The second-order valence-corrected chi connectivity index (χ2v) is 4.55. The lowest BCUT2D eigenvalue weighted by Gasteiger charge is -2.14. The van der Waals surface area contributed by atoms with Gasteiger partial charge in [-0.25, -0.2) is 0 Å². The highest BCUT2D eigenvalue weighted by Crippen LogP contribution is 2.28. The van der Waals surface area contributed by atoms with Crippen LogP contribution in [0.3, 0.4) is 0 Å². The molecule has 0 saturated heterocycles. The Morgan fingerprint density at radius 1 is 1.10 bits per heavy atom. The van der Waals surface area contributed by atoms with E-state index < -0.39 is 4.92 Å². The molecule has 0 aliphatic heterocycles. The van der Waals surface area contributed by atoms with E-state index in [0.717, 1.165) is 5.56 Å². The monoisotopic (exact) mass is 270 g/mol. The zero-order valence-corrected chi connectivity index (χ0v) is 11.2. The van der Waals surface area contributed by atoms with Gasteiger partial charge >= 0.3 is 0 Å². The first-order valence-electron chi connectivity index (χ1n) is 6.06. The molecule has 1 amide bonds. The van der Waals surface area contributed by atoms with Crippen LogP contribution in [0.25, 0.3) is 11.1 Å². The topological polar surface area (TPSA) is 63.5 Å². The number of carbonyl (C=O) groups is 1. The predicted octanol–water partition coefficient (Wildman–Crippen LogP) is 2.96. The third-order valence-electron chi connectivity index (χ3n) is 2.94. The molecule has 20 heavy (non-hydrogen) atoms. The number of nitrogens with zero attached hydrogens (tertiary/aromatic N) is 2. The van der Waals surface area contributed by atoms with Crippen molar-refractivity contribution < 1.29 is 9.72 Å². The summed E-state index contributed by atoms with van der Waals surface area (Å²) in [6, 6.07) is 13.5. The summed E-state index contributed by atoms with van der Waals surface area (Å²) in [5, 5.41) is 10.9. The number of benzene rings is 2. The smallest absolute Gasteiger partial charge is 0.270 e. The fourth-order valence-corrected chi connectivity index (χ4v) is 1.93. The van der Waals surface area contributed by atoms with Crippen molar-refractivity contribution >= 4 is 11.6 Å². The lowest BCUT2D eigenvalue weighted by Crippen LogP contribution is -2.22. The van der Waals surface area contributed by atoms with Crippen molar-refractivity contribution in [3.63, 3.8) is 0 Å². The van der Waals surface area contributed by atoms with E-state index in [4.69, 9.17) is 0 Å². The summed E-state index contributed by atoms with van der Waals surface area (Å²) in [4.78, 5) is 24.1. The Morgan fingerprint density at radius 2 is 1.75 bits per heavy atom. The number of nitro groups is 1. The molecule has 5 heteroatoms. The lowest BCUT2D eigenvalue weighted by molar-refractivity contribution is -0.384. The normalized spacial score (nSPS) is 10.1. The quantitative estimate of drug-likeness (QED) is 0.636. The van der Waals surface area contributed by atoms with Gasteiger partial charge in [-0.15, -0.1) is 0 Å². The van der Waals surface area contributed by atoms with Gasteiger partial charge < -0.3 is 4.90 Å². The first kappa shape index (κ1) is 13.7. The Hall–Kier alpha value is -2.69. The van der Waals surface area contributed by atoms with Gasteiger partial charge in [-0.2, -0.15) is 0 Å². The van der Waals surface area contributed by atoms with E-state index in [1.807, 2.05) is 30.3 Å². The third-order valence-corrected chi connectivity index (χ3v) is 2.94. The van der Waals surface area contributed by atoms with Crippen LogP contribution in [0.2, 0.25) is 0 Å². The zero-order valence-electron chi connectivity index (χ0n) is 11.2. The maximum absolute atomic E-state index is 12.2. The van der Waals surface area contributed by atoms with Crippen LogP contribution in [0.1, 0.15) is 10.4 Å². The second-order valence-electron chi connectivity index (χ2n) is 4.55. The van der Waals surface area contributed by atoms with E-state index in [2.05, 4.69) is 0 Å². The number of rotatable bonds is 3. The van der Waals surface area contributed by atoms with Crippen LogP contribution in [-0.2, 0) is 0 Å². The molecule has 102 valence electrons. The predicted molar refractivity (Wildman–Crippen MR) is 76.5 cm³/mol. The molecular formula is C15H14N2O3. The van der Waals surface area contributed by atoms with Crippen LogP contribution >= 0.6 is 0 Å². The number of amides is 1. The molecule has 0 aliphatic rings. The summed E-state index contributed by atoms with van der Waals surface area (Å²) < 4.78 is 0. The fourth-order valence-electron chi connectivity index (χ4n) is 1.93. The van der Waals surface area contributed by atoms with E-state index in [0.29, 0.717) is 11.1 Å². The molecule has 0 atom stereocenters. The Labute approximate surface area is 116 Å². The van der Waals surface area contributed by atoms with Crippen LogP contribution in [0.5, 0.6) is 0 Å². The van der Waals surface area contributed by atoms with Gasteiger partial charge in [-0.3, -0.25) is 14.9 Å². The average Bonchev–Trinajstić information content (AvgIpc) is 2.46. The SMILES string of the molecule is CN(C)C(=O)c1ccc([N+](=O)[O-])cc1-c1ccccc1. The molecule has 2 aromatic rings. The summed E-state index contributed by atoms with van der Waals surface area (Å²) in [6.45, 7) is 0. The van der Waals surface area contributed by atoms with E-state index in [1.54, 1.807) is 14.1 Å². The van der Waals surface area contributed by atoms with Crippen molar-refractivity contribution in [2.45, 2.75) is 0 Å². The maximum Gasteiger partial charge on any atom is 0.270 e. The Balaban J connectivity index is 2.64. The van der Waals surface area contributed by atoms with Crippen LogP contribution in [0, 0.1) is 10.1 Å². The van der Waals surface area contributed by atoms with Gasteiger partial charge in [-0.1, -0.05) is 30.3 Å². The van der Waals surface area contributed by atoms with E-state index in [9.17, 15) is 14.9 Å². The van der Waals surface area contributed by atoms with Gasteiger partial charge in [0.2, 0.25) is 0 Å². The number of nitro benzene ring substituents is 1. The van der Waals surface area contributed by atoms with Crippen molar-refractivity contribution in [1.29, 1.82) is 0 Å². The fraction of sp³-hybridized carbons (Fsp3) is 0.133. The molecule has 2 rings (SSSR count). The largest absolute Gasteiger partial charge is 0.345 e. The highest BCUT2D eigenvalue weighted by Gasteiger charge is 2.18. The zero-order chi connectivity index (χ0) is 14.7. The Kier molecular flexibility index (Phi) is 3.79. The minimum Gasteiger partial charge on any atom is -0.345 e. The van der Waals surface area contributed by atoms with Crippen molar-refractivity contribution in [3.05, 3.63) is 64.2 Å². The number of carbonyl (C=O) groups excluding carboxylic acids is 1. The van der Waals surface area contributed by atoms with E-state index in [-0.39, 0.29) is 11.6 Å². The van der Waals surface area contributed by atoms with Gasteiger partial charge in [0.25, 0.3) is 11.6 Å². The summed E-state index contributed by atoms with van der Waals surface area (Å²) in [5.74, 6) is -0.182. The standard InChI is InChI=1S/C15H14N2O3/c1-16(2)15(18)13-9-8-12(17(19)20)10-14(13)11-6-4-3-5-7-11/h3-10H,1-2H3. The first-order chi connectivity index (χ1) is 9.50. The lowest BCUT2D eigenvalue weighted by atomic mass is 9.98. The maximum atomic E-state index is 12.2.